The summed E-state index contributed by atoms with van der Waals surface area (Å²) in [7, 11) is 0. The fourth-order valence-corrected chi connectivity index (χ4v) is 2.25. The minimum Gasteiger partial charge on any atom is -0.464 e. The molecular formula is C11H12BrN5OS. The highest BCUT2D eigenvalue weighted by molar-refractivity contribution is 9.10. The van der Waals surface area contributed by atoms with Crippen molar-refractivity contribution < 1.29 is 4.74 Å². The average molecular weight is 342 g/mol. The highest BCUT2D eigenvalue weighted by Gasteiger charge is 2.08. The molecular weight excluding hydrogens is 330 g/mol. The van der Waals surface area contributed by atoms with Gasteiger partial charge in [-0.1, -0.05) is 15.9 Å². The second-order valence-corrected chi connectivity index (χ2v) is 5.31. The molecule has 1 aromatic carbocycles. The van der Waals surface area contributed by atoms with Crippen LogP contribution in [0.4, 0.5) is 5.95 Å². The van der Waals surface area contributed by atoms with Gasteiger partial charge in [0.1, 0.15) is 0 Å². The van der Waals surface area contributed by atoms with Gasteiger partial charge >= 0.3 is 6.01 Å². The largest absolute Gasteiger partial charge is 0.464 e. The number of nitrogens with zero attached hydrogens (tertiary/aromatic N) is 3. The van der Waals surface area contributed by atoms with Crippen molar-refractivity contribution in [2.24, 2.45) is 5.84 Å². The third-order valence-corrected chi connectivity index (χ3v) is 3.42. The van der Waals surface area contributed by atoms with E-state index in [4.69, 9.17) is 10.6 Å². The summed E-state index contributed by atoms with van der Waals surface area (Å²) in [6.45, 7) is 2.34. The van der Waals surface area contributed by atoms with Crippen molar-refractivity contribution in [2.75, 3.05) is 12.0 Å². The van der Waals surface area contributed by atoms with Gasteiger partial charge in [-0.25, -0.2) is 5.84 Å². The molecule has 0 aliphatic heterocycles. The number of hydrazine groups is 1. The lowest BCUT2D eigenvalue weighted by Gasteiger charge is -2.06. The number of nitrogens with one attached hydrogen (secondary N) is 1. The van der Waals surface area contributed by atoms with Crippen molar-refractivity contribution >= 4 is 33.6 Å². The van der Waals surface area contributed by atoms with Gasteiger partial charge in [-0.2, -0.15) is 15.0 Å². The predicted molar refractivity (Wildman–Crippen MR) is 77.1 cm³/mol. The smallest absolute Gasteiger partial charge is 0.322 e. The monoisotopic (exact) mass is 341 g/mol. The van der Waals surface area contributed by atoms with Crippen LogP contribution in [0.15, 0.2) is 38.8 Å². The number of hydrogen-bond donors (Lipinski definition) is 2. The fraction of sp³-hybridized carbons (Fsp3) is 0.182. The quantitative estimate of drug-likeness (QED) is 0.638. The molecule has 0 atom stereocenters. The Balaban J connectivity index is 2.23. The zero-order valence-corrected chi connectivity index (χ0v) is 12.5. The Kier molecular flexibility index (Phi) is 4.94. The molecule has 0 spiro atoms. The first-order valence-corrected chi connectivity index (χ1v) is 7.11. The molecule has 0 aliphatic carbocycles. The van der Waals surface area contributed by atoms with E-state index in [1.54, 1.807) is 0 Å². The molecule has 100 valence electrons. The summed E-state index contributed by atoms with van der Waals surface area (Å²) in [4.78, 5) is 13.4. The Labute approximate surface area is 123 Å². The van der Waals surface area contributed by atoms with Crippen molar-refractivity contribution in [3.8, 4) is 6.01 Å². The van der Waals surface area contributed by atoms with E-state index in [1.165, 1.54) is 11.8 Å². The third-order valence-electron chi connectivity index (χ3n) is 2.02. The first-order chi connectivity index (χ1) is 9.21. The summed E-state index contributed by atoms with van der Waals surface area (Å²) in [6.07, 6.45) is 0. The first-order valence-electron chi connectivity index (χ1n) is 5.50. The van der Waals surface area contributed by atoms with Gasteiger partial charge in [0, 0.05) is 9.37 Å². The molecule has 8 heteroatoms. The molecule has 19 heavy (non-hydrogen) atoms. The zero-order chi connectivity index (χ0) is 13.7. The minimum atomic E-state index is 0.255. The van der Waals surface area contributed by atoms with E-state index in [2.05, 4.69) is 36.3 Å². The summed E-state index contributed by atoms with van der Waals surface area (Å²) in [5, 5.41) is 0.522. The van der Waals surface area contributed by atoms with Crippen LogP contribution in [0.2, 0.25) is 0 Å². The lowest BCUT2D eigenvalue weighted by Crippen LogP contribution is -2.12. The second-order valence-electron chi connectivity index (χ2n) is 3.36. The van der Waals surface area contributed by atoms with E-state index in [0.717, 1.165) is 9.37 Å². The van der Waals surface area contributed by atoms with Crippen LogP contribution < -0.4 is 16.0 Å². The van der Waals surface area contributed by atoms with Crippen molar-refractivity contribution in [2.45, 2.75) is 17.0 Å². The lowest BCUT2D eigenvalue weighted by atomic mass is 10.4. The molecule has 0 bridgehead atoms. The van der Waals surface area contributed by atoms with Crippen LogP contribution >= 0.6 is 27.7 Å². The van der Waals surface area contributed by atoms with Crippen molar-refractivity contribution in [3.05, 3.63) is 28.7 Å². The van der Waals surface area contributed by atoms with Crippen LogP contribution in [0.1, 0.15) is 6.92 Å². The van der Waals surface area contributed by atoms with Gasteiger partial charge in [-0.05, 0) is 43.0 Å². The van der Waals surface area contributed by atoms with Crippen LogP contribution in [-0.4, -0.2) is 21.6 Å². The van der Waals surface area contributed by atoms with Gasteiger partial charge in [-0.3, -0.25) is 5.43 Å². The predicted octanol–water partition coefficient (Wildman–Crippen LogP) is 2.47. The molecule has 0 fully saturated rings. The maximum absolute atomic E-state index is 5.32. The number of anilines is 1. The molecule has 6 nitrogen and oxygen atoms in total. The Morgan fingerprint density at radius 3 is 2.63 bits per heavy atom. The number of ether oxygens (including phenoxy) is 1. The van der Waals surface area contributed by atoms with E-state index in [-0.39, 0.29) is 12.0 Å². The zero-order valence-electron chi connectivity index (χ0n) is 10.1. The number of halogens is 1. The molecule has 1 heterocycles. The fourth-order valence-electron chi connectivity index (χ4n) is 1.25. The Bertz CT molecular complexity index is 551. The van der Waals surface area contributed by atoms with Gasteiger partial charge in [-0.15, -0.1) is 0 Å². The summed E-state index contributed by atoms with van der Waals surface area (Å²) in [6, 6.07) is 8.09. The molecule has 2 aromatic rings. The molecule has 0 saturated heterocycles. The van der Waals surface area contributed by atoms with Gasteiger partial charge in [0.15, 0.2) is 0 Å². The Morgan fingerprint density at radius 2 is 2.00 bits per heavy atom. The van der Waals surface area contributed by atoms with Crippen molar-refractivity contribution in [3.63, 3.8) is 0 Å². The van der Waals surface area contributed by atoms with E-state index in [1.807, 2.05) is 31.2 Å². The molecule has 0 aliphatic rings. The van der Waals surface area contributed by atoms with Gasteiger partial charge in [0.2, 0.25) is 11.1 Å². The van der Waals surface area contributed by atoms with Gasteiger partial charge < -0.3 is 4.74 Å². The lowest BCUT2D eigenvalue weighted by molar-refractivity contribution is 0.308. The van der Waals surface area contributed by atoms with Crippen LogP contribution in [0.3, 0.4) is 0 Å². The maximum Gasteiger partial charge on any atom is 0.322 e. The number of nitrogen functional groups attached to an aromatic ring is 1. The number of aromatic nitrogens is 3. The van der Waals surface area contributed by atoms with Crippen LogP contribution in [0.5, 0.6) is 6.01 Å². The number of rotatable bonds is 5. The second kappa shape index (κ2) is 6.69. The summed E-state index contributed by atoms with van der Waals surface area (Å²) in [5.74, 6) is 5.60. The highest BCUT2D eigenvalue weighted by atomic mass is 79.9. The van der Waals surface area contributed by atoms with Crippen LogP contribution in [0, 0.1) is 0 Å². The Hall–Kier alpha value is -1.38. The SMILES string of the molecule is CCOc1nc(NN)nc(Sc2ccc(Br)cc2)n1. The average Bonchev–Trinajstić information content (AvgIpc) is 2.41. The first kappa shape index (κ1) is 14.0. The number of hydrogen-bond acceptors (Lipinski definition) is 7. The van der Waals surface area contributed by atoms with E-state index in [9.17, 15) is 0 Å². The summed E-state index contributed by atoms with van der Waals surface area (Å²) in [5.41, 5.74) is 2.40. The van der Waals surface area contributed by atoms with Gasteiger partial charge in [0.25, 0.3) is 0 Å². The topological polar surface area (TPSA) is 86.0 Å². The number of nitrogens with two attached hydrogens (primary N) is 1. The van der Waals surface area contributed by atoms with Crippen LogP contribution in [-0.2, 0) is 0 Å². The molecule has 0 unspecified atom stereocenters. The molecule has 2 rings (SSSR count). The minimum absolute atomic E-state index is 0.255. The van der Waals surface area contributed by atoms with Crippen molar-refractivity contribution in [1.82, 2.24) is 15.0 Å². The standard InChI is InChI=1S/C11H12BrN5OS/c1-2-18-10-14-9(17-13)15-11(16-10)19-8-5-3-7(12)4-6-8/h3-6H,2,13H2,1H3,(H,14,15,16,17). The Morgan fingerprint density at radius 1 is 1.26 bits per heavy atom. The van der Waals surface area contributed by atoms with Crippen molar-refractivity contribution in [1.29, 1.82) is 0 Å². The molecule has 1 aromatic heterocycles. The maximum atomic E-state index is 5.32. The molecule has 3 N–H and O–H groups in total. The summed E-state index contributed by atoms with van der Waals surface area (Å²) < 4.78 is 6.29. The molecule has 0 radical (unpaired) electrons. The van der Waals surface area contributed by atoms with Crippen LogP contribution in [0.25, 0.3) is 0 Å². The number of benzene rings is 1. The summed E-state index contributed by atoms with van der Waals surface area (Å²) >= 11 is 4.80. The third kappa shape index (κ3) is 4.05. The highest BCUT2D eigenvalue weighted by Crippen LogP contribution is 2.27. The van der Waals surface area contributed by atoms with Gasteiger partial charge in [0.05, 0.1) is 6.61 Å². The van der Waals surface area contributed by atoms with E-state index in [0.29, 0.717) is 11.8 Å². The van der Waals surface area contributed by atoms with E-state index >= 15 is 0 Å². The van der Waals surface area contributed by atoms with E-state index < -0.39 is 0 Å². The molecule has 0 saturated carbocycles. The normalized spacial score (nSPS) is 10.3. The molecule has 0 amide bonds.